The second-order valence-corrected chi connectivity index (χ2v) is 9.94. The van der Waals surface area contributed by atoms with Gasteiger partial charge in [-0.1, -0.05) is 60.6 Å². The average molecular weight is 469 g/mol. The largest absolute Gasteiger partial charge is 0.458 e. The van der Waals surface area contributed by atoms with Gasteiger partial charge < -0.3 is 14.2 Å². The highest BCUT2D eigenvalue weighted by Gasteiger charge is 2.32. The molecule has 5 atom stereocenters. The third-order valence-corrected chi connectivity index (χ3v) is 7.09. The van der Waals surface area contributed by atoms with Gasteiger partial charge >= 0.3 is 5.97 Å². The molecule has 3 aliphatic heterocycles. The van der Waals surface area contributed by atoms with Crippen LogP contribution in [0.5, 0.6) is 0 Å². The van der Waals surface area contributed by atoms with E-state index in [1.54, 1.807) is 0 Å². The first-order valence-electron chi connectivity index (χ1n) is 13.4. The maximum Gasteiger partial charge on any atom is 0.309 e. The lowest BCUT2D eigenvalue weighted by Gasteiger charge is -2.36. The van der Waals surface area contributed by atoms with E-state index in [9.17, 15) is 4.79 Å². The quantitative estimate of drug-likeness (QED) is 0.246. The first-order chi connectivity index (χ1) is 16.6. The Kier molecular flexibility index (Phi) is 11.4. The van der Waals surface area contributed by atoms with Gasteiger partial charge in [-0.3, -0.25) is 4.79 Å². The molecule has 3 aliphatic rings. The van der Waals surface area contributed by atoms with Crippen LogP contribution in [0.25, 0.3) is 0 Å². The zero-order valence-electron chi connectivity index (χ0n) is 21.4. The molecule has 0 saturated carbocycles. The Morgan fingerprint density at radius 3 is 2.59 bits per heavy atom. The number of hydrogen-bond acceptors (Lipinski definition) is 4. The summed E-state index contributed by atoms with van der Waals surface area (Å²) in [5.74, 6) is -0.184. The normalized spacial score (nSPS) is 34.4. The highest BCUT2D eigenvalue weighted by atomic mass is 16.5. The van der Waals surface area contributed by atoms with Crippen molar-refractivity contribution in [2.45, 2.75) is 122 Å². The molecule has 2 fully saturated rings. The van der Waals surface area contributed by atoms with Crippen LogP contribution in [0.3, 0.4) is 0 Å². The molecule has 0 aromatic heterocycles. The smallest absolute Gasteiger partial charge is 0.309 e. The fraction of sp³-hybridized carbons (Fsp3) is 0.633. The maximum absolute atomic E-state index is 12.8. The molecule has 0 N–H and O–H groups in total. The van der Waals surface area contributed by atoms with Gasteiger partial charge in [-0.15, -0.1) is 0 Å². The molecular formula is C30H44O4. The third-order valence-electron chi connectivity index (χ3n) is 7.09. The van der Waals surface area contributed by atoms with Crippen LogP contribution in [0.15, 0.2) is 59.8 Å². The number of carbonyl (C=O) groups is 1. The summed E-state index contributed by atoms with van der Waals surface area (Å²) in [4.78, 5) is 12.8. The van der Waals surface area contributed by atoms with Crippen molar-refractivity contribution in [3.63, 3.8) is 0 Å². The first kappa shape index (κ1) is 26.7. The topological polar surface area (TPSA) is 44.8 Å². The van der Waals surface area contributed by atoms with Crippen molar-refractivity contribution in [1.29, 1.82) is 0 Å². The van der Waals surface area contributed by atoms with E-state index in [0.717, 1.165) is 51.4 Å². The monoisotopic (exact) mass is 468 g/mol. The molecule has 5 unspecified atom stereocenters. The average Bonchev–Trinajstić information content (AvgIpc) is 2.82. The van der Waals surface area contributed by atoms with E-state index in [2.05, 4.69) is 45.1 Å². The van der Waals surface area contributed by atoms with Crippen LogP contribution >= 0.6 is 0 Å². The number of esters is 1. The van der Waals surface area contributed by atoms with Crippen LogP contribution < -0.4 is 0 Å². The van der Waals surface area contributed by atoms with Crippen molar-refractivity contribution in [2.24, 2.45) is 0 Å². The Labute approximate surface area is 206 Å². The van der Waals surface area contributed by atoms with E-state index in [0.29, 0.717) is 18.9 Å². The second-order valence-electron chi connectivity index (χ2n) is 9.94. The number of cyclic esters (lactones) is 1. The molecule has 188 valence electrons. The number of hydrogen-bond donors (Lipinski definition) is 0. The van der Waals surface area contributed by atoms with Crippen LogP contribution in [0, 0.1) is 0 Å². The van der Waals surface area contributed by atoms with Gasteiger partial charge in [-0.2, -0.15) is 0 Å². The van der Waals surface area contributed by atoms with Gasteiger partial charge in [0.05, 0.1) is 30.8 Å². The molecule has 4 nitrogen and oxygen atoms in total. The van der Waals surface area contributed by atoms with Gasteiger partial charge in [-0.25, -0.2) is 0 Å². The summed E-state index contributed by atoms with van der Waals surface area (Å²) < 4.78 is 18.7. The fourth-order valence-electron chi connectivity index (χ4n) is 4.98. The van der Waals surface area contributed by atoms with Crippen LogP contribution in [0.2, 0.25) is 0 Å². The van der Waals surface area contributed by atoms with Gasteiger partial charge in [0.15, 0.2) is 0 Å². The van der Waals surface area contributed by atoms with E-state index in [1.807, 2.05) is 24.3 Å². The summed E-state index contributed by atoms with van der Waals surface area (Å²) in [6, 6.07) is 0. The minimum atomic E-state index is -0.270. The molecular weight excluding hydrogens is 424 g/mol. The maximum atomic E-state index is 12.8. The lowest BCUT2D eigenvalue weighted by molar-refractivity contribution is -0.153. The van der Waals surface area contributed by atoms with Gasteiger partial charge in [0.2, 0.25) is 0 Å². The second kappa shape index (κ2) is 14.5. The molecule has 3 rings (SSSR count). The highest BCUT2D eigenvalue weighted by molar-refractivity contribution is 5.70. The van der Waals surface area contributed by atoms with Crippen LogP contribution in [-0.4, -0.2) is 36.5 Å². The van der Waals surface area contributed by atoms with E-state index < -0.39 is 0 Å². The standard InChI is InChI=1S/C30H44O4/c1-4-23(3)13-8-6-9-15-26-16-11-7-10-14-25-17-12-18-27(32-25)21-28-19-24(5-2)20-29(33-28)22-30(31)34-26/h5-9,11,13,15,25-29H,4,10,12,14,16-22H2,1-3H3/b8-6-,11-7-,15-9+,23-13+,24-5-. The highest BCUT2D eigenvalue weighted by Crippen LogP contribution is 2.32. The van der Waals surface area contributed by atoms with Gasteiger partial charge in [0.1, 0.15) is 6.10 Å². The van der Waals surface area contributed by atoms with E-state index in [1.165, 1.54) is 17.6 Å². The number of ether oxygens (including phenoxy) is 3. The summed E-state index contributed by atoms with van der Waals surface area (Å²) >= 11 is 0. The molecule has 4 bridgehead atoms. The van der Waals surface area contributed by atoms with Crippen molar-refractivity contribution in [3.05, 3.63) is 59.8 Å². The Morgan fingerprint density at radius 1 is 0.971 bits per heavy atom. The van der Waals surface area contributed by atoms with E-state index >= 15 is 0 Å². The minimum absolute atomic E-state index is 0.119. The zero-order chi connectivity index (χ0) is 24.2. The molecule has 0 aliphatic carbocycles. The molecule has 2 saturated heterocycles. The lowest BCUT2D eigenvalue weighted by atomic mass is 9.91. The SMILES string of the molecule is C/C=C1\CC2CC(=O)OC(/C=C/C=C\C=C(/C)CC)C/C=C\CCC3CCCC(CC(C1)O2)O3. The van der Waals surface area contributed by atoms with Gasteiger partial charge in [0, 0.05) is 12.8 Å². The molecule has 0 aromatic rings. The Morgan fingerprint density at radius 2 is 1.76 bits per heavy atom. The zero-order valence-corrected chi connectivity index (χ0v) is 21.4. The van der Waals surface area contributed by atoms with Gasteiger partial charge in [-0.05, 0) is 71.3 Å². The fourth-order valence-corrected chi connectivity index (χ4v) is 4.98. The Bertz CT molecular complexity index is 788. The van der Waals surface area contributed by atoms with E-state index in [4.69, 9.17) is 14.2 Å². The van der Waals surface area contributed by atoms with Crippen LogP contribution in [-0.2, 0) is 19.0 Å². The number of allylic oxidation sites excluding steroid dienone is 7. The third kappa shape index (κ3) is 9.38. The number of rotatable bonds is 4. The van der Waals surface area contributed by atoms with E-state index in [-0.39, 0.29) is 30.4 Å². The first-order valence-corrected chi connectivity index (χ1v) is 13.4. The molecule has 3 heterocycles. The summed E-state index contributed by atoms with van der Waals surface area (Å²) in [6.45, 7) is 6.36. The molecule has 0 amide bonds. The van der Waals surface area contributed by atoms with Crippen LogP contribution in [0.4, 0.5) is 0 Å². The Balaban J connectivity index is 1.70. The molecule has 0 aromatic carbocycles. The van der Waals surface area contributed by atoms with Crippen molar-refractivity contribution in [2.75, 3.05) is 0 Å². The number of carbonyl (C=O) groups excluding carboxylic acids is 1. The Hall–Kier alpha value is -1.91. The molecule has 0 spiro atoms. The molecule has 4 heteroatoms. The molecule has 0 radical (unpaired) electrons. The predicted octanol–water partition coefficient (Wildman–Crippen LogP) is 7.32. The van der Waals surface area contributed by atoms with Crippen molar-refractivity contribution >= 4 is 5.97 Å². The van der Waals surface area contributed by atoms with Crippen molar-refractivity contribution in [1.82, 2.24) is 0 Å². The van der Waals surface area contributed by atoms with Crippen molar-refractivity contribution < 1.29 is 19.0 Å². The summed E-state index contributed by atoms with van der Waals surface area (Å²) in [5, 5.41) is 0. The summed E-state index contributed by atoms with van der Waals surface area (Å²) in [6.07, 6.45) is 27.2. The van der Waals surface area contributed by atoms with Crippen LogP contribution in [0.1, 0.15) is 91.4 Å². The predicted molar refractivity (Wildman–Crippen MR) is 139 cm³/mol. The number of fused-ring (bicyclic) bond motifs is 4. The van der Waals surface area contributed by atoms with Gasteiger partial charge in [0.25, 0.3) is 0 Å². The lowest BCUT2D eigenvalue weighted by Crippen LogP contribution is -2.36. The minimum Gasteiger partial charge on any atom is -0.458 e. The van der Waals surface area contributed by atoms with Crippen molar-refractivity contribution in [3.8, 4) is 0 Å². The molecule has 34 heavy (non-hydrogen) atoms. The summed E-state index contributed by atoms with van der Waals surface area (Å²) in [5.41, 5.74) is 2.71. The summed E-state index contributed by atoms with van der Waals surface area (Å²) in [7, 11) is 0.